The van der Waals surface area contributed by atoms with E-state index in [1.165, 1.54) is 5.56 Å². The number of hydrogen-bond acceptors (Lipinski definition) is 3. The number of rotatable bonds is 5. The lowest BCUT2D eigenvalue weighted by Crippen LogP contribution is -2.40. The summed E-state index contributed by atoms with van der Waals surface area (Å²) in [6.45, 7) is 6.37. The van der Waals surface area contributed by atoms with Crippen LogP contribution < -0.4 is 11.1 Å². The van der Waals surface area contributed by atoms with E-state index in [0.717, 1.165) is 25.1 Å². The normalized spacial score (nSPS) is 19.5. The third kappa shape index (κ3) is 3.81. The lowest BCUT2D eigenvalue weighted by molar-refractivity contribution is -0.117. The third-order valence-corrected chi connectivity index (χ3v) is 3.98. The van der Waals surface area contributed by atoms with Crippen molar-refractivity contribution >= 4 is 11.6 Å². The van der Waals surface area contributed by atoms with Crippen molar-refractivity contribution in [2.45, 2.75) is 38.6 Å². The molecular formula is C16H25N3O. The molecular weight excluding hydrogens is 250 g/mol. The average Bonchev–Trinajstić information content (AvgIpc) is 2.86. The molecule has 1 amide bonds. The zero-order chi connectivity index (χ0) is 14.5. The molecule has 1 aromatic carbocycles. The maximum absolute atomic E-state index is 12.1. The molecule has 0 saturated carbocycles. The van der Waals surface area contributed by atoms with Crippen LogP contribution in [0.2, 0.25) is 0 Å². The number of carbonyl (C=O) groups is 1. The number of hydrogen-bond donors (Lipinski definition) is 2. The highest BCUT2D eigenvalue weighted by Crippen LogP contribution is 2.18. The van der Waals surface area contributed by atoms with Crippen molar-refractivity contribution in [2.24, 2.45) is 5.73 Å². The maximum atomic E-state index is 12.1. The topological polar surface area (TPSA) is 58.4 Å². The second kappa shape index (κ2) is 6.86. The van der Waals surface area contributed by atoms with Crippen molar-refractivity contribution in [1.82, 2.24) is 4.90 Å². The van der Waals surface area contributed by atoms with Gasteiger partial charge in [-0.25, -0.2) is 0 Å². The number of nitrogens with two attached hydrogens (primary N) is 1. The smallest absolute Gasteiger partial charge is 0.238 e. The van der Waals surface area contributed by atoms with Crippen LogP contribution in [0.3, 0.4) is 0 Å². The Morgan fingerprint density at radius 2 is 2.10 bits per heavy atom. The van der Waals surface area contributed by atoms with Crippen molar-refractivity contribution < 1.29 is 4.79 Å². The van der Waals surface area contributed by atoms with Crippen LogP contribution in [-0.4, -0.2) is 36.5 Å². The summed E-state index contributed by atoms with van der Waals surface area (Å²) in [5.74, 6) is 0.553. The van der Waals surface area contributed by atoms with Crippen LogP contribution in [0.1, 0.15) is 38.2 Å². The lowest BCUT2D eigenvalue weighted by atomic mass is 10.0. The molecule has 1 aliphatic heterocycles. The minimum Gasteiger partial charge on any atom is -0.329 e. The number of likely N-dealkylation sites (tertiary alicyclic amines) is 1. The van der Waals surface area contributed by atoms with Crippen LogP contribution in [0, 0.1) is 0 Å². The summed E-state index contributed by atoms with van der Waals surface area (Å²) in [6, 6.07) is 8.44. The standard InChI is InChI=1S/C16H25N3O/c1-12(2)13-5-7-14(8-6-13)18-16(20)11-19-9-3-4-15(19)10-17/h5-8,12,15H,3-4,9-11,17H2,1-2H3,(H,18,20). The molecule has 0 radical (unpaired) electrons. The van der Waals surface area contributed by atoms with Gasteiger partial charge in [-0.2, -0.15) is 0 Å². The van der Waals surface area contributed by atoms with Gasteiger partial charge >= 0.3 is 0 Å². The number of anilines is 1. The molecule has 1 heterocycles. The molecule has 1 unspecified atom stereocenters. The molecule has 0 spiro atoms. The maximum Gasteiger partial charge on any atom is 0.238 e. The summed E-state index contributed by atoms with van der Waals surface area (Å²) in [7, 11) is 0. The highest BCUT2D eigenvalue weighted by Gasteiger charge is 2.24. The van der Waals surface area contributed by atoms with E-state index in [4.69, 9.17) is 5.73 Å². The van der Waals surface area contributed by atoms with Crippen molar-refractivity contribution in [1.29, 1.82) is 0 Å². The van der Waals surface area contributed by atoms with Crippen LogP contribution in [0.4, 0.5) is 5.69 Å². The van der Waals surface area contributed by atoms with Crippen LogP contribution in [0.5, 0.6) is 0 Å². The van der Waals surface area contributed by atoms with E-state index in [1.807, 2.05) is 12.1 Å². The van der Waals surface area contributed by atoms with Gasteiger partial charge in [0.1, 0.15) is 0 Å². The molecule has 110 valence electrons. The summed E-state index contributed by atoms with van der Waals surface area (Å²) < 4.78 is 0. The van der Waals surface area contributed by atoms with Crippen LogP contribution in [0.15, 0.2) is 24.3 Å². The van der Waals surface area contributed by atoms with E-state index < -0.39 is 0 Å². The van der Waals surface area contributed by atoms with Crippen molar-refractivity contribution in [3.63, 3.8) is 0 Å². The van der Waals surface area contributed by atoms with Crippen molar-refractivity contribution in [2.75, 3.05) is 25.0 Å². The zero-order valence-corrected chi connectivity index (χ0v) is 12.4. The molecule has 4 heteroatoms. The molecule has 20 heavy (non-hydrogen) atoms. The van der Waals surface area contributed by atoms with Crippen LogP contribution in [-0.2, 0) is 4.79 Å². The van der Waals surface area contributed by atoms with Gasteiger partial charge in [-0.05, 0) is 43.0 Å². The molecule has 4 nitrogen and oxygen atoms in total. The number of nitrogens with one attached hydrogen (secondary N) is 1. The summed E-state index contributed by atoms with van der Waals surface area (Å²) in [4.78, 5) is 14.2. The molecule has 1 aromatic rings. The zero-order valence-electron chi connectivity index (χ0n) is 12.4. The second-order valence-corrected chi connectivity index (χ2v) is 5.83. The predicted molar refractivity (Wildman–Crippen MR) is 82.8 cm³/mol. The van der Waals surface area contributed by atoms with Gasteiger partial charge in [-0.15, -0.1) is 0 Å². The Hall–Kier alpha value is -1.39. The molecule has 0 aliphatic carbocycles. The number of carbonyl (C=O) groups excluding carboxylic acids is 1. The second-order valence-electron chi connectivity index (χ2n) is 5.83. The Morgan fingerprint density at radius 1 is 1.40 bits per heavy atom. The third-order valence-electron chi connectivity index (χ3n) is 3.98. The van der Waals surface area contributed by atoms with Crippen LogP contribution in [0.25, 0.3) is 0 Å². The van der Waals surface area contributed by atoms with Gasteiger partial charge < -0.3 is 11.1 Å². The summed E-state index contributed by atoms with van der Waals surface area (Å²) >= 11 is 0. The summed E-state index contributed by atoms with van der Waals surface area (Å²) in [5, 5.41) is 2.96. The summed E-state index contributed by atoms with van der Waals surface area (Å²) in [5.41, 5.74) is 7.87. The van der Waals surface area contributed by atoms with Crippen molar-refractivity contribution in [3.8, 4) is 0 Å². The largest absolute Gasteiger partial charge is 0.329 e. The van der Waals surface area contributed by atoms with E-state index in [0.29, 0.717) is 25.0 Å². The van der Waals surface area contributed by atoms with Gasteiger partial charge in [0, 0.05) is 18.3 Å². The Labute approximate surface area is 121 Å². The fourth-order valence-corrected chi connectivity index (χ4v) is 2.71. The molecule has 0 bridgehead atoms. The van der Waals surface area contributed by atoms with E-state index >= 15 is 0 Å². The Kier molecular flexibility index (Phi) is 5.15. The van der Waals surface area contributed by atoms with Crippen molar-refractivity contribution in [3.05, 3.63) is 29.8 Å². The van der Waals surface area contributed by atoms with Gasteiger partial charge in [0.15, 0.2) is 0 Å². The van der Waals surface area contributed by atoms with Gasteiger partial charge in [0.2, 0.25) is 5.91 Å². The van der Waals surface area contributed by atoms with Gasteiger partial charge in [0.25, 0.3) is 0 Å². The number of benzene rings is 1. The fourth-order valence-electron chi connectivity index (χ4n) is 2.71. The predicted octanol–water partition coefficient (Wildman–Crippen LogP) is 2.17. The average molecular weight is 275 g/mol. The Morgan fingerprint density at radius 3 is 2.70 bits per heavy atom. The van der Waals surface area contributed by atoms with E-state index in [-0.39, 0.29) is 5.91 Å². The molecule has 1 saturated heterocycles. The summed E-state index contributed by atoms with van der Waals surface area (Å²) in [6.07, 6.45) is 2.24. The van der Waals surface area contributed by atoms with Gasteiger partial charge in [0.05, 0.1) is 6.54 Å². The number of nitrogens with zero attached hydrogens (tertiary/aromatic N) is 1. The molecule has 0 aromatic heterocycles. The molecule has 2 rings (SSSR count). The Bertz CT molecular complexity index is 442. The molecule has 1 aliphatic rings. The SMILES string of the molecule is CC(C)c1ccc(NC(=O)CN2CCCC2CN)cc1. The highest BCUT2D eigenvalue weighted by atomic mass is 16.2. The molecule has 1 fully saturated rings. The molecule has 3 N–H and O–H groups in total. The van der Waals surface area contributed by atoms with E-state index in [1.54, 1.807) is 0 Å². The first-order valence-corrected chi connectivity index (χ1v) is 7.44. The fraction of sp³-hybridized carbons (Fsp3) is 0.562. The lowest BCUT2D eigenvalue weighted by Gasteiger charge is -2.22. The van der Waals surface area contributed by atoms with E-state index in [2.05, 4.69) is 36.2 Å². The quantitative estimate of drug-likeness (QED) is 0.866. The number of amides is 1. The first kappa shape index (κ1) is 15.0. The highest BCUT2D eigenvalue weighted by molar-refractivity contribution is 5.92. The van der Waals surface area contributed by atoms with E-state index in [9.17, 15) is 4.79 Å². The monoisotopic (exact) mass is 275 g/mol. The van der Waals surface area contributed by atoms with Gasteiger partial charge in [-0.1, -0.05) is 26.0 Å². The van der Waals surface area contributed by atoms with Gasteiger partial charge in [-0.3, -0.25) is 9.69 Å². The first-order valence-electron chi connectivity index (χ1n) is 7.44. The van der Waals surface area contributed by atoms with Crippen LogP contribution >= 0.6 is 0 Å². The first-order chi connectivity index (χ1) is 9.60. The minimum absolute atomic E-state index is 0.0441. The minimum atomic E-state index is 0.0441. The Balaban J connectivity index is 1.88. The molecule has 1 atom stereocenters.